The molecule has 0 saturated carbocycles. The Morgan fingerprint density at radius 3 is 2.39 bits per heavy atom. The zero-order valence-corrected chi connectivity index (χ0v) is 18.6. The zero-order valence-electron chi connectivity index (χ0n) is 17.8. The summed E-state index contributed by atoms with van der Waals surface area (Å²) in [6, 6.07) is 21.6. The number of hydrogen-bond donors (Lipinski definition) is 3. The Morgan fingerprint density at radius 2 is 1.73 bits per heavy atom. The van der Waals surface area contributed by atoms with Gasteiger partial charge in [0.15, 0.2) is 0 Å². The Kier molecular flexibility index (Phi) is 6.41. The summed E-state index contributed by atoms with van der Waals surface area (Å²) < 4.78 is 33.1. The van der Waals surface area contributed by atoms with Crippen molar-refractivity contribution in [3.63, 3.8) is 0 Å². The lowest BCUT2D eigenvalue weighted by Crippen LogP contribution is -2.14. The quantitative estimate of drug-likeness (QED) is 0.356. The van der Waals surface area contributed by atoms with Crippen molar-refractivity contribution in [1.29, 1.82) is 0 Å². The number of nitrogens with zero attached hydrogens (tertiary/aromatic N) is 1. The maximum Gasteiger partial charge on any atom is 0.261 e. The van der Waals surface area contributed by atoms with E-state index in [4.69, 9.17) is 4.74 Å². The number of nitrogens with one attached hydrogen (secondary N) is 3. The number of carbonyl (C=O) groups excluding carboxylic acids is 1. The molecule has 0 aliphatic heterocycles. The number of sulfonamides is 1. The molecule has 0 aliphatic rings. The van der Waals surface area contributed by atoms with Gasteiger partial charge in [-0.1, -0.05) is 12.1 Å². The first-order valence-corrected chi connectivity index (χ1v) is 11.7. The van der Waals surface area contributed by atoms with Crippen molar-refractivity contribution in [2.24, 2.45) is 0 Å². The number of H-pyrrole nitrogens is 1. The normalized spacial score (nSPS) is 11.1. The van der Waals surface area contributed by atoms with E-state index in [0.717, 1.165) is 11.3 Å². The Morgan fingerprint density at radius 1 is 0.970 bits per heavy atom. The third-order valence-corrected chi connectivity index (χ3v) is 6.17. The second kappa shape index (κ2) is 9.58. The van der Waals surface area contributed by atoms with Crippen molar-refractivity contribution in [2.45, 2.75) is 11.8 Å². The van der Waals surface area contributed by atoms with E-state index in [9.17, 15) is 13.2 Å². The van der Waals surface area contributed by atoms with Crippen LogP contribution in [0.4, 0.5) is 11.4 Å². The third kappa shape index (κ3) is 5.39. The van der Waals surface area contributed by atoms with Crippen LogP contribution in [0.1, 0.15) is 17.3 Å². The van der Waals surface area contributed by atoms with Crippen LogP contribution < -0.4 is 14.8 Å². The summed E-state index contributed by atoms with van der Waals surface area (Å²) in [5.74, 6) is 0.291. The number of carbonyl (C=O) groups is 1. The Hall–Kier alpha value is -4.11. The fourth-order valence-electron chi connectivity index (χ4n) is 3.17. The SMILES string of the molecule is CCOc1ccc(S(=O)(=O)Nc2ccc(C(=O)Nc3cccc(-c4ccn[nH]4)c3)cc2)cc1. The largest absolute Gasteiger partial charge is 0.494 e. The van der Waals surface area contributed by atoms with Gasteiger partial charge in [-0.15, -0.1) is 0 Å². The van der Waals surface area contributed by atoms with E-state index in [2.05, 4.69) is 20.2 Å². The minimum atomic E-state index is -3.77. The molecule has 0 bridgehead atoms. The molecule has 1 amide bonds. The van der Waals surface area contributed by atoms with Gasteiger partial charge < -0.3 is 10.1 Å². The molecule has 3 N–H and O–H groups in total. The summed E-state index contributed by atoms with van der Waals surface area (Å²) in [5.41, 5.74) is 3.11. The summed E-state index contributed by atoms with van der Waals surface area (Å²) in [6.07, 6.45) is 1.66. The number of ether oxygens (including phenoxy) is 1. The van der Waals surface area contributed by atoms with Crippen LogP contribution in [0.2, 0.25) is 0 Å². The fourth-order valence-corrected chi connectivity index (χ4v) is 4.23. The van der Waals surface area contributed by atoms with E-state index >= 15 is 0 Å². The van der Waals surface area contributed by atoms with Crippen molar-refractivity contribution in [3.05, 3.63) is 90.6 Å². The average molecular weight is 463 g/mol. The van der Waals surface area contributed by atoms with E-state index in [1.165, 1.54) is 12.1 Å². The molecule has 0 unspecified atom stereocenters. The van der Waals surface area contributed by atoms with Crippen LogP contribution in [-0.2, 0) is 10.0 Å². The van der Waals surface area contributed by atoms with Crippen molar-refractivity contribution in [2.75, 3.05) is 16.6 Å². The van der Waals surface area contributed by atoms with Crippen LogP contribution >= 0.6 is 0 Å². The van der Waals surface area contributed by atoms with E-state index in [0.29, 0.717) is 29.3 Å². The van der Waals surface area contributed by atoms with Crippen LogP contribution in [0.25, 0.3) is 11.3 Å². The van der Waals surface area contributed by atoms with Gasteiger partial charge in [0.25, 0.3) is 15.9 Å². The first-order valence-electron chi connectivity index (χ1n) is 10.2. The first kappa shape index (κ1) is 22.1. The molecular formula is C24H22N4O4S. The molecule has 0 fully saturated rings. The van der Waals surface area contributed by atoms with E-state index in [1.807, 2.05) is 31.2 Å². The second-order valence-electron chi connectivity index (χ2n) is 7.09. The molecule has 8 nitrogen and oxygen atoms in total. The molecule has 4 rings (SSSR count). The highest BCUT2D eigenvalue weighted by atomic mass is 32.2. The third-order valence-electron chi connectivity index (χ3n) is 4.78. The number of rotatable bonds is 8. The number of benzene rings is 3. The highest BCUT2D eigenvalue weighted by Gasteiger charge is 2.15. The van der Waals surface area contributed by atoms with Gasteiger partial charge in [-0.3, -0.25) is 14.6 Å². The van der Waals surface area contributed by atoms with Gasteiger partial charge >= 0.3 is 0 Å². The molecule has 1 heterocycles. The maximum absolute atomic E-state index is 12.6. The summed E-state index contributed by atoms with van der Waals surface area (Å²) in [5, 5.41) is 9.67. The number of aromatic nitrogens is 2. The molecule has 0 aliphatic carbocycles. The first-order chi connectivity index (χ1) is 15.9. The number of amides is 1. The molecule has 0 atom stereocenters. The number of aromatic amines is 1. The molecule has 33 heavy (non-hydrogen) atoms. The minimum absolute atomic E-state index is 0.116. The second-order valence-corrected chi connectivity index (χ2v) is 8.77. The van der Waals surface area contributed by atoms with Crippen molar-refractivity contribution < 1.29 is 17.9 Å². The molecule has 168 valence electrons. The van der Waals surface area contributed by atoms with Gasteiger partial charge in [0.2, 0.25) is 0 Å². The van der Waals surface area contributed by atoms with Gasteiger partial charge in [0.1, 0.15) is 5.75 Å². The van der Waals surface area contributed by atoms with Gasteiger partial charge in [-0.2, -0.15) is 5.10 Å². The standard InChI is InChI=1S/C24H22N4O4S/c1-2-32-21-10-12-22(13-11-21)33(30,31)28-19-8-6-17(7-9-19)24(29)26-20-5-3-4-18(16-20)23-14-15-25-27-23/h3-16,28H,2H2,1H3,(H,25,27)(H,26,29). The van der Waals surface area contributed by atoms with E-state index < -0.39 is 10.0 Å². The molecule has 3 aromatic carbocycles. The minimum Gasteiger partial charge on any atom is -0.494 e. The van der Waals surface area contributed by atoms with Gasteiger partial charge in [-0.05, 0) is 73.7 Å². The number of hydrogen-bond acceptors (Lipinski definition) is 5. The predicted molar refractivity (Wildman–Crippen MR) is 127 cm³/mol. The predicted octanol–water partition coefficient (Wildman–Crippen LogP) is 4.53. The Bertz CT molecular complexity index is 1330. The van der Waals surface area contributed by atoms with Crippen LogP contribution in [-0.4, -0.2) is 31.1 Å². The fraction of sp³-hybridized carbons (Fsp3) is 0.0833. The van der Waals surface area contributed by atoms with Crippen LogP contribution in [0.15, 0.2) is 90.0 Å². The molecule has 0 radical (unpaired) electrons. The van der Waals surface area contributed by atoms with Crippen LogP contribution in [0, 0.1) is 0 Å². The summed E-state index contributed by atoms with van der Waals surface area (Å²) in [4.78, 5) is 12.7. The molecular weight excluding hydrogens is 440 g/mol. The smallest absolute Gasteiger partial charge is 0.261 e. The van der Waals surface area contributed by atoms with Crippen molar-refractivity contribution in [3.8, 4) is 17.0 Å². The van der Waals surface area contributed by atoms with Gasteiger partial charge in [0, 0.05) is 28.7 Å². The molecule has 4 aromatic rings. The van der Waals surface area contributed by atoms with Gasteiger partial charge in [-0.25, -0.2) is 8.42 Å². The zero-order chi connectivity index (χ0) is 23.3. The van der Waals surface area contributed by atoms with E-state index in [-0.39, 0.29) is 10.8 Å². The molecule has 0 spiro atoms. The Labute approximate surface area is 191 Å². The monoisotopic (exact) mass is 462 g/mol. The lowest BCUT2D eigenvalue weighted by Gasteiger charge is -2.10. The lowest BCUT2D eigenvalue weighted by atomic mass is 10.1. The average Bonchev–Trinajstić information content (AvgIpc) is 3.35. The summed E-state index contributed by atoms with van der Waals surface area (Å²) >= 11 is 0. The highest BCUT2D eigenvalue weighted by Crippen LogP contribution is 2.22. The lowest BCUT2D eigenvalue weighted by molar-refractivity contribution is 0.102. The maximum atomic E-state index is 12.6. The highest BCUT2D eigenvalue weighted by molar-refractivity contribution is 7.92. The van der Waals surface area contributed by atoms with Crippen LogP contribution in [0.3, 0.4) is 0 Å². The molecule has 9 heteroatoms. The number of anilines is 2. The van der Waals surface area contributed by atoms with Gasteiger partial charge in [0.05, 0.1) is 17.2 Å². The molecule has 1 aromatic heterocycles. The Balaban J connectivity index is 1.42. The molecule has 0 saturated heterocycles. The van der Waals surface area contributed by atoms with Crippen molar-refractivity contribution >= 4 is 27.3 Å². The van der Waals surface area contributed by atoms with Crippen LogP contribution in [0.5, 0.6) is 5.75 Å². The summed E-state index contributed by atoms with van der Waals surface area (Å²) in [7, 11) is -3.77. The summed E-state index contributed by atoms with van der Waals surface area (Å²) in [6.45, 7) is 2.36. The topological polar surface area (TPSA) is 113 Å². The van der Waals surface area contributed by atoms with Crippen molar-refractivity contribution in [1.82, 2.24) is 10.2 Å². The van der Waals surface area contributed by atoms with E-state index in [1.54, 1.807) is 48.7 Å².